The highest BCUT2D eigenvalue weighted by atomic mass is 16.7. The fourth-order valence-electron chi connectivity index (χ4n) is 5.06. The third kappa shape index (κ3) is 6.87. The van der Waals surface area contributed by atoms with Crippen molar-refractivity contribution in [3.63, 3.8) is 0 Å². The second-order valence-electron chi connectivity index (χ2n) is 8.75. The van der Waals surface area contributed by atoms with Gasteiger partial charge in [0.2, 0.25) is 13.6 Å². The van der Waals surface area contributed by atoms with Gasteiger partial charge in [-0.3, -0.25) is 0 Å². The van der Waals surface area contributed by atoms with Crippen LogP contribution < -0.4 is 9.47 Å². The number of esters is 2. The van der Waals surface area contributed by atoms with E-state index in [1.165, 1.54) is 11.1 Å². The van der Waals surface area contributed by atoms with E-state index in [1.54, 1.807) is 0 Å². The first-order valence-electron chi connectivity index (χ1n) is 12.3. The van der Waals surface area contributed by atoms with Crippen molar-refractivity contribution in [1.82, 2.24) is 0 Å². The Kier molecular flexibility index (Phi) is 13.2. The highest BCUT2D eigenvalue weighted by Crippen LogP contribution is 2.56. The first-order valence-corrected chi connectivity index (χ1v) is 12.3. The predicted molar refractivity (Wildman–Crippen MR) is 174 cm³/mol. The second-order valence-corrected chi connectivity index (χ2v) is 8.75. The lowest BCUT2D eigenvalue weighted by Crippen LogP contribution is -2.28. The molecule has 0 N–H and O–H groups in total. The molecular formula is C37H42O6. The van der Waals surface area contributed by atoms with Crippen LogP contribution in [-0.4, -0.2) is 25.5 Å². The zero-order valence-corrected chi connectivity index (χ0v) is 21.2. The lowest BCUT2D eigenvalue weighted by molar-refractivity contribution is -0.145. The number of fused-ring (bicyclic) bond motifs is 3. The minimum Gasteiger partial charge on any atom is -0.457 e. The van der Waals surface area contributed by atoms with Crippen LogP contribution in [0.3, 0.4) is 0 Å². The zero-order chi connectivity index (χ0) is 27.2. The predicted octanol–water partition coefficient (Wildman–Crippen LogP) is 8.73. The summed E-state index contributed by atoms with van der Waals surface area (Å²) in [5.74, 6) is 0.0540. The van der Waals surface area contributed by atoms with Crippen molar-refractivity contribution in [1.29, 1.82) is 0 Å². The number of hydrogen-bond donors (Lipinski definition) is 0. The van der Waals surface area contributed by atoms with E-state index < -0.39 is 17.4 Å². The SMILES string of the molecule is C.C.C.C.C=CC(=O)OCOc1ccc(C2(c3ccc(OCOC(=O)C=C)cc3)c3ccccc3-c3ccccc32)cc1. The summed E-state index contributed by atoms with van der Waals surface area (Å²) in [5, 5.41) is 0. The molecule has 1 aliphatic rings. The molecule has 6 nitrogen and oxygen atoms in total. The quantitative estimate of drug-likeness (QED) is 0.0932. The van der Waals surface area contributed by atoms with Crippen LogP contribution in [-0.2, 0) is 24.5 Å². The Morgan fingerprint density at radius 3 is 1.26 bits per heavy atom. The van der Waals surface area contributed by atoms with E-state index in [0.717, 1.165) is 34.4 Å². The molecule has 4 aromatic carbocycles. The molecule has 0 aliphatic heterocycles. The third-order valence-electron chi connectivity index (χ3n) is 6.71. The van der Waals surface area contributed by atoms with E-state index in [9.17, 15) is 9.59 Å². The van der Waals surface area contributed by atoms with Gasteiger partial charge < -0.3 is 18.9 Å². The molecule has 0 saturated heterocycles. The lowest BCUT2D eigenvalue weighted by Gasteiger charge is -2.34. The van der Waals surface area contributed by atoms with Gasteiger partial charge in [0.25, 0.3) is 0 Å². The monoisotopic (exact) mass is 582 g/mol. The van der Waals surface area contributed by atoms with E-state index in [2.05, 4.69) is 61.7 Å². The Bertz CT molecular complexity index is 1400. The summed E-state index contributed by atoms with van der Waals surface area (Å²) < 4.78 is 21.1. The number of ether oxygens (including phenoxy) is 4. The normalized spacial score (nSPS) is 11.3. The lowest BCUT2D eigenvalue weighted by atomic mass is 9.68. The van der Waals surface area contributed by atoms with Gasteiger partial charge in [-0.2, -0.15) is 0 Å². The first-order chi connectivity index (χ1) is 19.1. The molecule has 5 rings (SSSR count). The van der Waals surface area contributed by atoms with Gasteiger partial charge in [-0.15, -0.1) is 0 Å². The molecule has 0 fully saturated rings. The van der Waals surface area contributed by atoms with E-state index in [0.29, 0.717) is 11.5 Å². The van der Waals surface area contributed by atoms with E-state index in [-0.39, 0.29) is 43.3 Å². The Labute approximate surface area is 256 Å². The smallest absolute Gasteiger partial charge is 0.333 e. The van der Waals surface area contributed by atoms with Crippen LogP contribution >= 0.6 is 0 Å². The molecule has 0 unspecified atom stereocenters. The van der Waals surface area contributed by atoms with Gasteiger partial charge in [-0.25, -0.2) is 9.59 Å². The van der Waals surface area contributed by atoms with Gasteiger partial charge in [0.15, 0.2) is 0 Å². The van der Waals surface area contributed by atoms with Crippen LogP contribution in [0, 0.1) is 0 Å². The highest BCUT2D eigenvalue weighted by Gasteiger charge is 2.45. The van der Waals surface area contributed by atoms with Crippen molar-refractivity contribution in [3.05, 3.63) is 145 Å². The Morgan fingerprint density at radius 1 is 0.558 bits per heavy atom. The van der Waals surface area contributed by atoms with Crippen LogP contribution in [0.4, 0.5) is 0 Å². The summed E-state index contributed by atoms with van der Waals surface area (Å²) in [7, 11) is 0. The van der Waals surface area contributed by atoms with E-state index >= 15 is 0 Å². The molecule has 0 atom stereocenters. The van der Waals surface area contributed by atoms with Crippen LogP contribution in [0.2, 0.25) is 0 Å². The van der Waals surface area contributed by atoms with Crippen LogP contribution in [0.15, 0.2) is 122 Å². The topological polar surface area (TPSA) is 71.1 Å². The van der Waals surface area contributed by atoms with E-state index in [1.807, 2.05) is 48.5 Å². The molecule has 6 heteroatoms. The van der Waals surface area contributed by atoms with Gasteiger partial charge in [-0.05, 0) is 57.6 Å². The molecule has 0 bridgehead atoms. The molecule has 0 saturated carbocycles. The van der Waals surface area contributed by atoms with E-state index in [4.69, 9.17) is 18.9 Å². The molecular weight excluding hydrogens is 540 g/mol. The summed E-state index contributed by atoms with van der Waals surface area (Å²) in [6, 6.07) is 32.4. The van der Waals surface area contributed by atoms with Gasteiger partial charge in [0, 0.05) is 12.2 Å². The number of carbonyl (C=O) groups excluding carboxylic acids is 2. The molecule has 226 valence electrons. The van der Waals surface area contributed by atoms with Crippen molar-refractivity contribution in [2.75, 3.05) is 13.6 Å². The average Bonchev–Trinajstić information content (AvgIpc) is 3.29. The summed E-state index contributed by atoms with van der Waals surface area (Å²) in [6.07, 6.45) is 2.19. The second kappa shape index (κ2) is 15.8. The molecule has 4 aromatic rings. The maximum atomic E-state index is 11.3. The number of rotatable bonds is 10. The summed E-state index contributed by atoms with van der Waals surface area (Å²) in [5.41, 5.74) is 6.15. The average molecular weight is 583 g/mol. The number of hydrogen-bond acceptors (Lipinski definition) is 6. The largest absolute Gasteiger partial charge is 0.457 e. The first kappa shape index (κ1) is 35.9. The fraction of sp³-hybridized carbons (Fsp3) is 0.189. The molecule has 0 spiro atoms. The Balaban J connectivity index is 0.00000231. The molecule has 0 radical (unpaired) electrons. The molecule has 1 aliphatic carbocycles. The van der Waals surface area contributed by atoms with Gasteiger partial charge in [0.1, 0.15) is 11.5 Å². The maximum Gasteiger partial charge on any atom is 0.333 e. The van der Waals surface area contributed by atoms with Crippen LogP contribution in [0.25, 0.3) is 11.1 Å². The molecule has 43 heavy (non-hydrogen) atoms. The number of benzene rings is 4. The molecule has 0 amide bonds. The van der Waals surface area contributed by atoms with Crippen molar-refractivity contribution in [3.8, 4) is 22.6 Å². The van der Waals surface area contributed by atoms with Crippen LogP contribution in [0.1, 0.15) is 52.0 Å². The zero-order valence-electron chi connectivity index (χ0n) is 21.2. The summed E-state index contributed by atoms with van der Waals surface area (Å²) >= 11 is 0. The third-order valence-corrected chi connectivity index (χ3v) is 6.71. The van der Waals surface area contributed by atoms with Crippen molar-refractivity contribution in [2.24, 2.45) is 0 Å². The molecule has 0 aromatic heterocycles. The fourth-order valence-corrected chi connectivity index (χ4v) is 5.06. The van der Waals surface area contributed by atoms with Gasteiger partial charge >= 0.3 is 11.9 Å². The van der Waals surface area contributed by atoms with Crippen molar-refractivity contribution < 1.29 is 28.5 Å². The minimum absolute atomic E-state index is 0. The van der Waals surface area contributed by atoms with Gasteiger partial charge in [-0.1, -0.05) is 116 Å². The van der Waals surface area contributed by atoms with Crippen LogP contribution in [0.5, 0.6) is 11.5 Å². The summed E-state index contributed by atoms with van der Waals surface area (Å²) in [4.78, 5) is 22.7. The molecule has 0 heterocycles. The maximum absolute atomic E-state index is 11.3. The van der Waals surface area contributed by atoms with Crippen molar-refractivity contribution in [2.45, 2.75) is 35.1 Å². The minimum atomic E-state index is -0.602. The summed E-state index contributed by atoms with van der Waals surface area (Å²) in [6.45, 7) is 6.36. The Morgan fingerprint density at radius 2 is 0.907 bits per heavy atom. The van der Waals surface area contributed by atoms with Gasteiger partial charge in [0.05, 0.1) is 5.41 Å². The standard InChI is InChI=1S/C33H26O6.4CH4/c1-3-31(34)38-21-36-25-17-13-23(14-18-25)33(24-15-19-26(20-16-24)37-22-39-32(35)4-2)29-11-7-5-9-27(29)28-10-6-8-12-30(28)33;;;;/h3-20H,1-2,21-22H2;4*1H4. The highest BCUT2D eigenvalue weighted by molar-refractivity contribution is 5.86. The Hall–Kier alpha value is -5.10. The number of carbonyl (C=O) groups is 2. The van der Waals surface area contributed by atoms with Crippen molar-refractivity contribution >= 4 is 11.9 Å².